The summed E-state index contributed by atoms with van der Waals surface area (Å²) in [5, 5.41) is 17.2. The second kappa shape index (κ2) is 10.1. The van der Waals surface area contributed by atoms with Crippen LogP contribution in [0.3, 0.4) is 0 Å². The third kappa shape index (κ3) is 6.12. The largest absolute Gasteiger partial charge is 0.390 e. The zero-order valence-corrected chi connectivity index (χ0v) is 20.2. The molecule has 2 aromatic heterocycles. The van der Waals surface area contributed by atoms with Crippen LogP contribution >= 0.6 is 12.2 Å². The van der Waals surface area contributed by atoms with E-state index in [4.69, 9.17) is 29.5 Å². The maximum absolute atomic E-state index is 10.1. The summed E-state index contributed by atoms with van der Waals surface area (Å²) in [6.45, 7) is 13.5. The number of thiocarbonyl (C=S) groups is 1. The van der Waals surface area contributed by atoms with E-state index in [0.717, 1.165) is 39.0 Å². The van der Waals surface area contributed by atoms with Crippen molar-refractivity contribution < 1.29 is 5.11 Å². The molecule has 0 bridgehead atoms. The summed E-state index contributed by atoms with van der Waals surface area (Å²) < 4.78 is 1.91. The molecule has 1 aromatic carbocycles. The first-order valence-corrected chi connectivity index (χ1v) is 11.1. The van der Waals surface area contributed by atoms with Crippen LogP contribution < -0.4 is 5.73 Å². The molecule has 0 aliphatic rings. The standard InChI is InChI=1S/C24H29N7OS/c1-16-10-20-19(11-17(16)6-8-26-4)18(12-21(29-20)22-14-27-15-30(22)5)13-28-31(23(25)33)9-7-24(2,3)32/h10-15,32H,6-9H2,1-3,5H3,(H2,25,33). The number of benzene rings is 1. The van der Waals surface area contributed by atoms with Crippen molar-refractivity contribution in [1.29, 1.82) is 0 Å². The molecule has 0 saturated carbocycles. The predicted molar refractivity (Wildman–Crippen MR) is 136 cm³/mol. The van der Waals surface area contributed by atoms with Crippen LogP contribution in [0.2, 0.25) is 0 Å². The Morgan fingerprint density at radius 3 is 2.76 bits per heavy atom. The van der Waals surface area contributed by atoms with Gasteiger partial charge in [-0.2, -0.15) is 5.10 Å². The highest BCUT2D eigenvalue weighted by Crippen LogP contribution is 2.27. The fraction of sp³-hybridized carbons (Fsp3) is 0.375. The molecule has 0 aliphatic heterocycles. The van der Waals surface area contributed by atoms with E-state index in [-0.39, 0.29) is 5.11 Å². The van der Waals surface area contributed by atoms with Crippen LogP contribution in [0.25, 0.3) is 27.1 Å². The minimum Gasteiger partial charge on any atom is -0.390 e. The Hall–Kier alpha value is -3.35. The predicted octanol–water partition coefficient (Wildman–Crippen LogP) is 3.45. The fourth-order valence-corrected chi connectivity index (χ4v) is 3.61. The molecule has 3 rings (SSSR count). The quantitative estimate of drug-likeness (QED) is 0.230. The lowest BCUT2D eigenvalue weighted by atomic mass is 9.99. The van der Waals surface area contributed by atoms with E-state index in [1.165, 1.54) is 5.01 Å². The Bertz CT molecular complexity index is 1230. The van der Waals surface area contributed by atoms with Crippen molar-refractivity contribution in [1.82, 2.24) is 19.5 Å². The van der Waals surface area contributed by atoms with Gasteiger partial charge in [0.05, 0.1) is 41.2 Å². The van der Waals surface area contributed by atoms with Gasteiger partial charge in [-0.05, 0) is 68.7 Å². The summed E-state index contributed by atoms with van der Waals surface area (Å²) in [6.07, 6.45) is 6.37. The number of aliphatic hydroxyl groups is 1. The van der Waals surface area contributed by atoms with Crippen molar-refractivity contribution in [3.05, 3.63) is 58.8 Å². The van der Waals surface area contributed by atoms with Crippen LogP contribution in [0.1, 0.15) is 37.0 Å². The Kier molecular flexibility index (Phi) is 7.41. The summed E-state index contributed by atoms with van der Waals surface area (Å²) in [4.78, 5) is 12.6. The number of rotatable bonds is 8. The van der Waals surface area contributed by atoms with E-state index >= 15 is 0 Å². The molecule has 9 heteroatoms. The van der Waals surface area contributed by atoms with Crippen LogP contribution in [0.5, 0.6) is 0 Å². The van der Waals surface area contributed by atoms with E-state index in [2.05, 4.69) is 21.0 Å². The number of nitrogens with zero attached hydrogens (tertiary/aromatic N) is 6. The van der Waals surface area contributed by atoms with Crippen molar-refractivity contribution in [3.63, 3.8) is 0 Å². The Morgan fingerprint density at radius 1 is 1.39 bits per heavy atom. The maximum Gasteiger partial charge on any atom is 0.218 e. The van der Waals surface area contributed by atoms with Gasteiger partial charge in [0.1, 0.15) is 0 Å². The number of hydrogen-bond acceptors (Lipinski definition) is 5. The van der Waals surface area contributed by atoms with Gasteiger partial charge in [-0.3, -0.25) is 0 Å². The van der Waals surface area contributed by atoms with Gasteiger partial charge in [0.15, 0.2) is 5.11 Å². The van der Waals surface area contributed by atoms with Gasteiger partial charge in [-0.15, -0.1) is 0 Å². The van der Waals surface area contributed by atoms with Crippen molar-refractivity contribution in [2.45, 2.75) is 39.2 Å². The molecule has 0 amide bonds. The fourth-order valence-electron chi connectivity index (χ4n) is 3.47. The lowest BCUT2D eigenvalue weighted by molar-refractivity contribution is 0.0649. The molecule has 3 aromatic rings. The first kappa shape index (κ1) is 24.3. The third-order valence-corrected chi connectivity index (χ3v) is 5.61. The number of aromatic nitrogens is 3. The molecule has 0 radical (unpaired) electrons. The summed E-state index contributed by atoms with van der Waals surface area (Å²) >= 11 is 5.17. The molecule has 0 spiro atoms. The van der Waals surface area contributed by atoms with Gasteiger partial charge in [0, 0.05) is 31.0 Å². The van der Waals surface area contributed by atoms with Gasteiger partial charge in [0.2, 0.25) is 6.54 Å². The SMILES string of the molecule is [C-]#[N+]CCc1cc2c(C=NN(CCC(C)(C)O)C(N)=S)cc(-c3cncn3C)nc2cc1C. The molecule has 33 heavy (non-hydrogen) atoms. The summed E-state index contributed by atoms with van der Waals surface area (Å²) in [5.74, 6) is 0. The van der Waals surface area contributed by atoms with E-state index in [1.807, 2.05) is 30.7 Å². The first-order valence-electron chi connectivity index (χ1n) is 10.7. The van der Waals surface area contributed by atoms with Crippen molar-refractivity contribution in [2.75, 3.05) is 13.1 Å². The molecule has 0 fully saturated rings. The topological polar surface area (TPSA) is 96.9 Å². The molecule has 0 unspecified atom stereocenters. The Labute approximate surface area is 199 Å². The number of pyridine rings is 1. The molecule has 172 valence electrons. The lowest BCUT2D eigenvalue weighted by Gasteiger charge is -2.22. The van der Waals surface area contributed by atoms with Crippen LogP contribution in [-0.2, 0) is 13.5 Å². The molecule has 8 nitrogen and oxygen atoms in total. The summed E-state index contributed by atoms with van der Waals surface area (Å²) in [5.41, 5.74) is 10.6. The average Bonchev–Trinajstić information content (AvgIpc) is 3.16. The molecular formula is C24H29N7OS. The van der Waals surface area contributed by atoms with E-state index in [0.29, 0.717) is 25.9 Å². The second-order valence-corrected chi connectivity index (χ2v) is 9.10. The first-order chi connectivity index (χ1) is 15.6. The third-order valence-electron chi connectivity index (χ3n) is 5.40. The van der Waals surface area contributed by atoms with Gasteiger partial charge in [-0.1, -0.05) is 0 Å². The number of hydrogen-bond donors (Lipinski definition) is 2. The van der Waals surface area contributed by atoms with Gasteiger partial charge in [0.25, 0.3) is 0 Å². The zero-order chi connectivity index (χ0) is 24.2. The van der Waals surface area contributed by atoms with E-state index < -0.39 is 5.60 Å². The van der Waals surface area contributed by atoms with Crippen LogP contribution in [-0.4, -0.2) is 54.7 Å². The highest BCUT2D eigenvalue weighted by atomic mass is 32.1. The monoisotopic (exact) mass is 463 g/mol. The van der Waals surface area contributed by atoms with Crippen LogP contribution in [0, 0.1) is 13.5 Å². The van der Waals surface area contributed by atoms with Gasteiger partial charge < -0.3 is 20.3 Å². The lowest BCUT2D eigenvalue weighted by Crippen LogP contribution is -2.35. The Balaban J connectivity index is 2.11. The average molecular weight is 464 g/mol. The number of imidazole rings is 1. The van der Waals surface area contributed by atoms with Crippen molar-refractivity contribution in [2.24, 2.45) is 17.9 Å². The normalized spacial score (nSPS) is 11.8. The van der Waals surface area contributed by atoms with Gasteiger partial charge in [-0.25, -0.2) is 21.5 Å². The van der Waals surface area contributed by atoms with Crippen LogP contribution in [0.4, 0.5) is 0 Å². The smallest absolute Gasteiger partial charge is 0.218 e. The van der Waals surface area contributed by atoms with E-state index in [9.17, 15) is 5.11 Å². The minimum absolute atomic E-state index is 0.134. The zero-order valence-electron chi connectivity index (χ0n) is 19.4. The number of fused-ring (bicyclic) bond motifs is 1. The summed E-state index contributed by atoms with van der Waals surface area (Å²) in [7, 11) is 1.92. The highest BCUT2D eigenvalue weighted by molar-refractivity contribution is 7.80. The van der Waals surface area contributed by atoms with Crippen LogP contribution in [0.15, 0.2) is 35.8 Å². The Morgan fingerprint density at radius 2 is 2.15 bits per heavy atom. The van der Waals surface area contributed by atoms with E-state index in [1.54, 1.807) is 32.6 Å². The van der Waals surface area contributed by atoms with Crippen molar-refractivity contribution in [3.8, 4) is 11.4 Å². The second-order valence-electron chi connectivity index (χ2n) is 8.68. The molecule has 0 saturated heterocycles. The van der Waals surface area contributed by atoms with Crippen molar-refractivity contribution >= 4 is 34.4 Å². The number of hydrazone groups is 1. The summed E-state index contributed by atoms with van der Waals surface area (Å²) in [6, 6.07) is 6.09. The molecule has 3 N–H and O–H groups in total. The number of nitrogens with two attached hydrogens (primary N) is 1. The molecular weight excluding hydrogens is 434 g/mol. The minimum atomic E-state index is -0.857. The number of aryl methyl sites for hydroxylation is 2. The molecule has 2 heterocycles. The maximum atomic E-state index is 10.1. The highest BCUT2D eigenvalue weighted by Gasteiger charge is 2.16. The molecule has 0 aliphatic carbocycles. The van der Waals surface area contributed by atoms with Gasteiger partial charge >= 0.3 is 0 Å². The molecule has 0 atom stereocenters.